The van der Waals surface area contributed by atoms with Gasteiger partial charge in [-0.1, -0.05) is 36.4 Å². The van der Waals surface area contributed by atoms with Crippen molar-refractivity contribution in [3.8, 4) is 11.1 Å². The summed E-state index contributed by atoms with van der Waals surface area (Å²) >= 11 is 0. The molecule has 0 saturated carbocycles. The summed E-state index contributed by atoms with van der Waals surface area (Å²) < 4.78 is 5.39. The molecule has 0 aliphatic heterocycles. The van der Waals surface area contributed by atoms with E-state index in [1.807, 2.05) is 57.2 Å². The van der Waals surface area contributed by atoms with E-state index in [0.29, 0.717) is 12.0 Å². The maximum absolute atomic E-state index is 12.2. The fourth-order valence-electron chi connectivity index (χ4n) is 2.28. The van der Waals surface area contributed by atoms with Crippen molar-refractivity contribution in [3.05, 3.63) is 59.7 Å². The molecule has 0 aliphatic carbocycles. The topological polar surface area (TPSA) is 63.6 Å². The van der Waals surface area contributed by atoms with E-state index in [-0.39, 0.29) is 12.4 Å². The number of aryl methyl sites for hydroxylation is 1. The van der Waals surface area contributed by atoms with Gasteiger partial charge in [-0.15, -0.1) is 0 Å². The summed E-state index contributed by atoms with van der Waals surface area (Å²) in [5.74, 6) is -1.15. The molecular formula is C20H22O4. The van der Waals surface area contributed by atoms with Gasteiger partial charge >= 0.3 is 11.9 Å². The maximum Gasteiger partial charge on any atom is 0.338 e. The van der Waals surface area contributed by atoms with Crippen LogP contribution >= 0.6 is 0 Å². The first-order chi connectivity index (χ1) is 11.2. The third-order valence-corrected chi connectivity index (χ3v) is 3.41. The number of rotatable bonds is 5. The number of carbonyl (C=O) groups excluding carboxylic acids is 1. The van der Waals surface area contributed by atoms with E-state index in [1.165, 1.54) is 0 Å². The van der Waals surface area contributed by atoms with Crippen molar-refractivity contribution in [1.82, 2.24) is 0 Å². The van der Waals surface area contributed by atoms with E-state index in [9.17, 15) is 9.59 Å². The van der Waals surface area contributed by atoms with E-state index in [0.717, 1.165) is 16.7 Å². The molecule has 2 rings (SSSR count). The van der Waals surface area contributed by atoms with Crippen LogP contribution in [0.4, 0.5) is 0 Å². The van der Waals surface area contributed by atoms with Gasteiger partial charge in [0, 0.05) is 6.42 Å². The summed E-state index contributed by atoms with van der Waals surface area (Å²) in [5, 5.41) is 8.73. The zero-order valence-corrected chi connectivity index (χ0v) is 14.2. The van der Waals surface area contributed by atoms with Gasteiger partial charge in [0.15, 0.2) is 0 Å². The Labute approximate surface area is 142 Å². The molecule has 24 heavy (non-hydrogen) atoms. The molecule has 0 radical (unpaired) electrons. The number of esters is 1. The normalized spacial score (nSPS) is 11.1. The maximum atomic E-state index is 12.2. The summed E-state index contributed by atoms with van der Waals surface area (Å²) in [7, 11) is 0. The van der Waals surface area contributed by atoms with E-state index in [4.69, 9.17) is 9.84 Å². The van der Waals surface area contributed by atoms with Gasteiger partial charge < -0.3 is 9.84 Å². The predicted octanol–water partition coefficient (Wildman–Crippen LogP) is 4.33. The third-order valence-electron chi connectivity index (χ3n) is 3.41. The SMILES string of the molecule is CC(C)(C)OC(=O)c1cccc(-c2ccc(CCC(=O)O)cc2)c1. The second-order valence-corrected chi connectivity index (χ2v) is 6.67. The largest absolute Gasteiger partial charge is 0.481 e. The Hall–Kier alpha value is -2.62. The highest BCUT2D eigenvalue weighted by molar-refractivity contribution is 5.91. The quantitative estimate of drug-likeness (QED) is 0.831. The molecule has 0 fully saturated rings. The molecular weight excluding hydrogens is 304 g/mol. The molecule has 2 aromatic carbocycles. The van der Waals surface area contributed by atoms with Gasteiger partial charge in [-0.3, -0.25) is 4.79 Å². The Balaban J connectivity index is 2.16. The molecule has 0 bridgehead atoms. The smallest absolute Gasteiger partial charge is 0.338 e. The van der Waals surface area contributed by atoms with E-state index >= 15 is 0 Å². The molecule has 4 heteroatoms. The third kappa shape index (κ3) is 5.23. The average molecular weight is 326 g/mol. The summed E-state index contributed by atoms with van der Waals surface area (Å²) in [6, 6.07) is 15.0. The van der Waals surface area contributed by atoms with Gasteiger partial charge in [-0.2, -0.15) is 0 Å². The Morgan fingerprint density at radius 1 is 1.00 bits per heavy atom. The van der Waals surface area contributed by atoms with Crippen LogP contribution in [0, 0.1) is 0 Å². The van der Waals surface area contributed by atoms with Crippen molar-refractivity contribution in [2.45, 2.75) is 39.2 Å². The summed E-state index contributed by atoms with van der Waals surface area (Å²) in [6.07, 6.45) is 0.626. The van der Waals surface area contributed by atoms with Crippen LogP contribution in [0.1, 0.15) is 43.1 Å². The predicted molar refractivity (Wildman–Crippen MR) is 93.0 cm³/mol. The van der Waals surface area contributed by atoms with Crippen LogP contribution in [0.5, 0.6) is 0 Å². The molecule has 0 amide bonds. The van der Waals surface area contributed by atoms with Crippen molar-refractivity contribution in [2.24, 2.45) is 0 Å². The lowest BCUT2D eigenvalue weighted by molar-refractivity contribution is -0.136. The van der Waals surface area contributed by atoms with Gasteiger partial charge in [0.05, 0.1) is 5.56 Å². The zero-order chi connectivity index (χ0) is 17.7. The minimum absolute atomic E-state index is 0.119. The fourth-order valence-corrected chi connectivity index (χ4v) is 2.28. The van der Waals surface area contributed by atoms with Gasteiger partial charge in [0.1, 0.15) is 5.60 Å². The summed E-state index contributed by atoms with van der Waals surface area (Å²) in [4.78, 5) is 22.8. The number of carbonyl (C=O) groups is 2. The van der Waals surface area contributed by atoms with Gasteiger partial charge in [-0.05, 0) is 56.0 Å². The van der Waals surface area contributed by atoms with Crippen LogP contribution in [0.2, 0.25) is 0 Å². The lowest BCUT2D eigenvalue weighted by atomic mass is 10.0. The summed E-state index contributed by atoms with van der Waals surface area (Å²) in [6.45, 7) is 5.51. The van der Waals surface area contributed by atoms with Crippen molar-refractivity contribution in [1.29, 1.82) is 0 Å². The number of carboxylic acid groups (broad SMARTS) is 1. The number of ether oxygens (including phenoxy) is 1. The molecule has 0 spiro atoms. The molecule has 2 aromatic rings. The highest BCUT2D eigenvalue weighted by Gasteiger charge is 2.18. The summed E-state index contributed by atoms with van der Waals surface area (Å²) in [5.41, 5.74) is 2.85. The minimum atomic E-state index is -0.802. The van der Waals surface area contributed by atoms with Gasteiger partial charge in [-0.25, -0.2) is 4.79 Å². The molecule has 0 aliphatic rings. The standard InChI is InChI=1S/C20H22O4/c1-20(2,3)24-19(23)17-6-4-5-16(13-17)15-10-7-14(8-11-15)9-12-18(21)22/h4-8,10-11,13H,9,12H2,1-3H3,(H,21,22). The number of hydrogen-bond donors (Lipinski definition) is 1. The fraction of sp³-hybridized carbons (Fsp3) is 0.300. The van der Waals surface area contributed by atoms with Crippen molar-refractivity contribution >= 4 is 11.9 Å². The number of hydrogen-bond acceptors (Lipinski definition) is 3. The first-order valence-corrected chi connectivity index (χ1v) is 7.89. The number of carboxylic acids is 1. The first kappa shape index (κ1) is 17.7. The molecule has 0 atom stereocenters. The van der Waals surface area contributed by atoms with Gasteiger partial charge in [0.2, 0.25) is 0 Å². The average Bonchev–Trinajstić information content (AvgIpc) is 2.52. The molecule has 126 valence electrons. The van der Waals surface area contributed by atoms with Crippen molar-refractivity contribution in [3.63, 3.8) is 0 Å². The lowest BCUT2D eigenvalue weighted by Gasteiger charge is -2.19. The number of aliphatic carboxylic acids is 1. The zero-order valence-electron chi connectivity index (χ0n) is 14.2. The second kappa shape index (κ2) is 7.30. The van der Waals surface area contributed by atoms with Crippen molar-refractivity contribution in [2.75, 3.05) is 0 Å². The van der Waals surface area contributed by atoms with E-state index in [2.05, 4.69) is 0 Å². The molecule has 0 aromatic heterocycles. The van der Waals surface area contributed by atoms with Crippen LogP contribution in [0.25, 0.3) is 11.1 Å². The molecule has 0 unspecified atom stereocenters. The molecule has 0 heterocycles. The van der Waals surface area contributed by atoms with Crippen LogP contribution < -0.4 is 0 Å². The van der Waals surface area contributed by atoms with Crippen molar-refractivity contribution < 1.29 is 19.4 Å². The van der Waals surface area contributed by atoms with Crippen LogP contribution in [-0.4, -0.2) is 22.6 Å². The highest BCUT2D eigenvalue weighted by Crippen LogP contribution is 2.22. The number of benzene rings is 2. The first-order valence-electron chi connectivity index (χ1n) is 7.89. The van der Waals surface area contributed by atoms with Crippen LogP contribution in [-0.2, 0) is 16.0 Å². The molecule has 4 nitrogen and oxygen atoms in total. The van der Waals surface area contributed by atoms with Gasteiger partial charge in [0.25, 0.3) is 0 Å². The van der Waals surface area contributed by atoms with E-state index < -0.39 is 11.6 Å². The monoisotopic (exact) mass is 326 g/mol. The Morgan fingerprint density at radius 3 is 2.25 bits per heavy atom. The Bertz CT molecular complexity index is 724. The Kier molecular flexibility index (Phi) is 5.39. The second-order valence-electron chi connectivity index (χ2n) is 6.67. The lowest BCUT2D eigenvalue weighted by Crippen LogP contribution is -2.23. The highest BCUT2D eigenvalue weighted by atomic mass is 16.6. The minimum Gasteiger partial charge on any atom is -0.481 e. The van der Waals surface area contributed by atoms with Crippen LogP contribution in [0.15, 0.2) is 48.5 Å². The van der Waals surface area contributed by atoms with E-state index in [1.54, 1.807) is 12.1 Å². The Morgan fingerprint density at radius 2 is 1.67 bits per heavy atom. The van der Waals surface area contributed by atoms with Crippen LogP contribution in [0.3, 0.4) is 0 Å². The molecule has 0 saturated heterocycles. The molecule has 1 N–H and O–H groups in total.